The van der Waals surface area contributed by atoms with E-state index in [1.807, 2.05) is 30.5 Å². The molecule has 12 rings (SSSR count). The van der Waals surface area contributed by atoms with Gasteiger partial charge < -0.3 is 8.83 Å². The van der Waals surface area contributed by atoms with Crippen molar-refractivity contribution in [2.45, 2.75) is 0 Å². The molecular weight excluding hydrogens is 685 g/mol. The second-order valence-electron chi connectivity index (χ2n) is 14.5. The first-order valence-corrected chi connectivity index (χ1v) is 18.9. The van der Waals surface area contributed by atoms with E-state index in [1.54, 1.807) is 0 Å². The van der Waals surface area contributed by atoms with Gasteiger partial charge in [-0.3, -0.25) is 4.98 Å². The van der Waals surface area contributed by atoms with Crippen molar-refractivity contribution < 1.29 is 8.83 Å². The van der Waals surface area contributed by atoms with Gasteiger partial charge in [0, 0.05) is 37.9 Å². The van der Waals surface area contributed by atoms with Crippen LogP contribution in [0.4, 0.5) is 0 Å². The lowest BCUT2D eigenvalue weighted by Gasteiger charge is -2.11. The number of hydrogen-bond acceptors (Lipinski definition) is 4. The highest BCUT2D eigenvalue weighted by Gasteiger charge is 2.21. The topological polar surface area (TPSA) is 52.1 Å². The average Bonchev–Trinajstić information content (AvgIpc) is 3.84. The molecule has 56 heavy (non-hydrogen) atoms. The van der Waals surface area contributed by atoms with Crippen molar-refractivity contribution in [3.05, 3.63) is 182 Å². The van der Waals surface area contributed by atoms with Gasteiger partial charge >= 0.3 is 0 Å². The second-order valence-corrected chi connectivity index (χ2v) is 14.5. The second kappa shape index (κ2) is 12.0. The third-order valence-electron chi connectivity index (χ3n) is 11.3. The van der Waals surface area contributed by atoms with E-state index in [-0.39, 0.29) is 0 Å². The van der Waals surface area contributed by atoms with Gasteiger partial charge in [-0.1, -0.05) is 158 Å². The first-order chi connectivity index (χ1) is 27.7. The SMILES string of the molecule is c1ccc2c(c1)oc1c(-c3ccc(-c4ccc(-c5ccc(-c6cnc7c8ccccc8c8ccccc8c7n6)cc5)cc4)cc3)c3oc4ccccc4c3cc12. The van der Waals surface area contributed by atoms with Crippen LogP contribution >= 0.6 is 0 Å². The Morgan fingerprint density at radius 2 is 0.714 bits per heavy atom. The van der Waals surface area contributed by atoms with Gasteiger partial charge in [0.1, 0.15) is 22.3 Å². The molecule has 0 N–H and O–H groups in total. The van der Waals surface area contributed by atoms with E-state index in [0.29, 0.717) is 0 Å². The summed E-state index contributed by atoms with van der Waals surface area (Å²) < 4.78 is 13.0. The lowest BCUT2D eigenvalue weighted by atomic mass is 9.95. The Labute approximate surface area is 320 Å². The minimum atomic E-state index is 0.843. The van der Waals surface area contributed by atoms with Gasteiger partial charge in [0.05, 0.1) is 28.5 Å². The fourth-order valence-electron chi connectivity index (χ4n) is 8.58. The molecular formula is C52H30N2O2. The molecule has 0 spiro atoms. The Bertz CT molecular complexity index is 3380. The Morgan fingerprint density at radius 1 is 0.321 bits per heavy atom. The van der Waals surface area contributed by atoms with Crippen molar-refractivity contribution >= 4 is 76.5 Å². The van der Waals surface area contributed by atoms with Gasteiger partial charge in [0.15, 0.2) is 0 Å². The van der Waals surface area contributed by atoms with Crippen molar-refractivity contribution in [1.82, 2.24) is 9.97 Å². The summed E-state index contributed by atoms with van der Waals surface area (Å²) in [6.07, 6.45) is 1.90. The molecule has 3 aromatic heterocycles. The average molecular weight is 715 g/mol. The summed E-state index contributed by atoms with van der Waals surface area (Å²) in [5.74, 6) is 0. The Morgan fingerprint density at radius 3 is 1.21 bits per heavy atom. The highest BCUT2D eigenvalue weighted by atomic mass is 16.3. The highest BCUT2D eigenvalue weighted by molar-refractivity contribution is 6.24. The zero-order valence-electron chi connectivity index (χ0n) is 30.0. The van der Waals surface area contributed by atoms with E-state index in [0.717, 1.165) is 110 Å². The largest absolute Gasteiger partial charge is 0.455 e. The maximum Gasteiger partial charge on any atom is 0.147 e. The monoisotopic (exact) mass is 714 g/mol. The number of fused-ring (bicyclic) bond motifs is 12. The van der Waals surface area contributed by atoms with Crippen molar-refractivity contribution in [1.29, 1.82) is 0 Å². The maximum absolute atomic E-state index is 6.52. The molecule has 0 fully saturated rings. The lowest BCUT2D eigenvalue weighted by Crippen LogP contribution is -1.92. The first-order valence-electron chi connectivity index (χ1n) is 18.9. The summed E-state index contributed by atoms with van der Waals surface area (Å²) in [6.45, 7) is 0. The number of para-hydroxylation sites is 2. The third kappa shape index (κ3) is 4.66. The molecule has 0 radical (unpaired) electrons. The number of benzene rings is 9. The van der Waals surface area contributed by atoms with E-state index < -0.39 is 0 Å². The zero-order valence-corrected chi connectivity index (χ0v) is 30.0. The molecule has 0 atom stereocenters. The standard InChI is InChI=1S/C52H30N2O2/c1-3-13-41-37(9-1)38-10-2-4-14-42(38)50-49(41)53-30-45(54-50)35-25-21-33(22-26-35)31-17-19-32(20-18-31)34-23-27-36(28-24-34)48-51-43(39-11-5-7-15-46(39)55-51)29-44-40-12-6-8-16-47(40)56-52(44)48/h1-30H. The molecule has 0 unspecified atom stereocenters. The van der Waals surface area contributed by atoms with E-state index in [9.17, 15) is 0 Å². The minimum Gasteiger partial charge on any atom is -0.455 e. The minimum absolute atomic E-state index is 0.843. The maximum atomic E-state index is 6.52. The van der Waals surface area contributed by atoms with Gasteiger partial charge in [-0.2, -0.15) is 0 Å². The number of hydrogen-bond donors (Lipinski definition) is 0. The summed E-state index contributed by atoms with van der Waals surface area (Å²) in [5.41, 5.74) is 13.8. The molecule has 0 aliphatic carbocycles. The van der Waals surface area contributed by atoms with Gasteiger partial charge in [0.2, 0.25) is 0 Å². The molecule has 0 bridgehead atoms. The van der Waals surface area contributed by atoms with Gasteiger partial charge in [-0.05, 0) is 56.8 Å². The normalized spacial score (nSPS) is 11.9. The van der Waals surface area contributed by atoms with Crippen LogP contribution in [-0.4, -0.2) is 9.97 Å². The summed E-state index contributed by atoms with van der Waals surface area (Å²) >= 11 is 0. The third-order valence-corrected chi connectivity index (χ3v) is 11.3. The van der Waals surface area contributed by atoms with Crippen molar-refractivity contribution in [2.75, 3.05) is 0 Å². The summed E-state index contributed by atoms with van der Waals surface area (Å²) in [6, 6.07) is 61.7. The predicted molar refractivity (Wildman–Crippen MR) is 231 cm³/mol. The first kappa shape index (κ1) is 30.9. The van der Waals surface area contributed by atoms with Crippen LogP contribution in [0.1, 0.15) is 0 Å². The van der Waals surface area contributed by atoms with Crippen LogP contribution in [0.5, 0.6) is 0 Å². The van der Waals surface area contributed by atoms with Crippen molar-refractivity contribution in [3.63, 3.8) is 0 Å². The van der Waals surface area contributed by atoms with E-state index in [1.165, 1.54) is 10.8 Å². The molecule has 260 valence electrons. The zero-order chi connectivity index (χ0) is 36.7. The molecule has 9 aromatic carbocycles. The van der Waals surface area contributed by atoms with Crippen LogP contribution in [0, 0.1) is 0 Å². The van der Waals surface area contributed by atoms with Crippen LogP contribution in [-0.2, 0) is 0 Å². The van der Waals surface area contributed by atoms with Crippen LogP contribution in [0.15, 0.2) is 191 Å². The summed E-state index contributed by atoms with van der Waals surface area (Å²) in [5, 5.41) is 9.03. The van der Waals surface area contributed by atoms with Crippen LogP contribution in [0.3, 0.4) is 0 Å². The molecule has 0 aliphatic rings. The van der Waals surface area contributed by atoms with Gasteiger partial charge in [-0.25, -0.2) is 4.98 Å². The van der Waals surface area contributed by atoms with E-state index >= 15 is 0 Å². The molecule has 4 heteroatoms. The molecule has 12 aromatic rings. The van der Waals surface area contributed by atoms with Crippen molar-refractivity contribution in [2.24, 2.45) is 0 Å². The van der Waals surface area contributed by atoms with Gasteiger partial charge in [0.25, 0.3) is 0 Å². The fraction of sp³-hybridized carbons (Fsp3) is 0. The van der Waals surface area contributed by atoms with Gasteiger partial charge in [-0.15, -0.1) is 0 Å². The number of nitrogens with zero attached hydrogens (tertiary/aromatic N) is 2. The Kier molecular flexibility index (Phi) is 6.60. The molecule has 4 nitrogen and oxygen atoms in total. The summed E-state index contributed by atoms with van der Waals surface area (Å²) in [7, 11) is 0. The van der Waals surface area contributed by atoms with Crippen molar-refractivity contribution in [3.8, 4) is 44.6 Å². The molecule has 3 heterocycles. The number of rotatable bonds is 4. The number of aromatic nitrogens is 2. The highest BCUT2D eigenvalue weighted by Crippen LogP contribution is 2.45. The smallest absolute Gasteiger partial charge is 0.147 e. The predicted octanol–water partition coefficient (Wildman–Crippen LogP) is 14.4. The lowest BCUT2D eigenvalue weighted by molar-refractivity contribution is 0.658. The van der Waals surface area contributed by atoms with E-state index in [2.05, 4.69) is 152 Å². The summed E-state index contributed by atoms with van der Waals surface area (Å²) in [4.78, 5) is 10.1. The fourth-order valence-corrected chi connectivity index (χ4v) is 8.58. The molecule has 0 aliphatic heterocycles. The van der Waals surface area contributed by atoms with E-state index in [4.69, 9.17) is 18.8 Å². The van der Waals surface area contributed by atoms with Crippen LogP contribution in [0.25, 0.3) is 121 Å². The van der Waals surface area contributed by atoms with Crippen LogP contribution < -0.4 is 0 Å². The number of furan rings is 2. The molecule has 0 amide bonds. The Hall–Kier alpha value is -7.56. The molecule has 0 saturated heterocycles. The van der Waals surface area contributed by atoms with Crippen LogP contribution in [0.2, 0.25) is 0 Å². The Balaban J connectivity index is 0.865. The molecule has 0 saturated carbocycles. The quantitative estimate of drug-likeness (QED) is 0.170.